The van der Waals surface area contributed by atoms with E-state index in [2.05, 4.69) is 39.4 Å². The van der Waals surface area contributed by atoms with Gasteiger partial charge in [-0.15, -0.1) is 0 Å². The van der Waals surface area contributed by atoms with Crippen LogP contribution in [0.4, 0.5) is 5.82 Å². The van der Waals surface area contributed by atoms with Crippen LogP contribution in [-0.2, 0) is 4.79 Å². The number of benzene rings is 2. The van der Waals surface area contributed by atoms with Gasteiger partial charge >= 0.3 is 0 Å². The van der Waals surface area contributed by atoms with E-state index in [0.717, 1.165) is 50.6 Å². The first-order valence-corrected chi connectivity index (χ1v) is 13.8. The van der Waals surface area contributed by atoms with Crippen molar-refractivity contribution in [2.45, 2.75) is 25.7 Å². The Bertz CT molecular complexity index is 1170. The third-order valence-electron chi connectivity index (χ3n) is 7.40. The molecule has 35 heavy (non-hydrogen) atoms. The van der Waals surface area contributed by atoms with E-state index in [1.807, 2.05) is 30.3 Å². The minimum absolute atomic E-state index is 0.0293. The number of hydrogen-bond donors (Lipinski definition) is 1. The molecule has 1 aromatic heterocycles. The average Bonchev–Trinajstić information content (AvgIpc) is 3.32. The van der Waals surface area contributed by atoms with E-state index in [1.165, 1.54) is 35.8 Å². The van der Waals surface area contributed by atoms with Crippen molar-refractivity contribution < 1.29 is 4.79 Å². The number of nitrogens with zero attached hydrogens (tertiary/aromatic N) is 3. The van der Waals surface area contributed by atoms with Crippen LogP contribution in [0.15, 0.2) is 54.6 Å². The Labute approximate surface area is 216 Å². The van der Waals surface area contributed by atoms with Crippen molar-refractivity contribution in [1.29, 1.82) is 0 Å². The van der Waals surface area contributed by atoms with Crippen LogP contribution in [0.25, 0.3) is 16.2 Å². The van der Waals surface area contributed by atoms with Gasteiger partial charge in [-0.05, 0) is 72.1 Å². The van der Waals surface area contributed by atoms with E-state index in [9.17, 15) is 4.79 Å². The van der Waals surface area contributed by atoms with Crippen molar-refractivity contribution in [3.63, 3.8) is 0 Å². The second-order valence-electron chi connectivity index (χ2n) is 9.73. The molecule has 1 aliphatic heterocycles. The Morgan fingerprint density at radius 2 is 1.86 bits per heavy atom. The van der Waals surface area contributed by atoms with Gasteiger partial charge in [0.05, 0.1) is 4.70 Å². The molecule has 0 unspecified atom stereocenters. The van der Waals surface area contributed by atoms with Gasteiger partial charge in [0.1, 0.15) is 5.82 Å². The lowest BCUT2D eigenvalue weighted by atomic mass is 9.78. The lowest BCUT2D eigenvalue weighted by Crippen LogP contribution is -2.49. The van der Waals surface area contributed by atoms with Crippen molar-refractivity contribution in [3.8, 4) is 0 Å². The first kappa shape index (κ1) is 24.3. The molecule has 3 aromatic rings. The Hall–Kier alpha value is -2.41. The molecule has 2 aromatic carbocycles. The number of carbonyl (C=O) groups excluding carboxylic acids is 1. The molecule has 5 nitrogen and oxygen atoms in total. The minimum atomic E-state index is -0.0293. The summed E-state index contributed by atoms with van der Waals surface area (Å²) in [6.45, 7) is 6.08. The number of amides is 1. The summed E-state index contributed by atoms with van der Waals surface area (Å²) in [6.07, 6.45) is 8.47. The number of piperazine rings is 1. The van der Waals surface area contributed by atoms with E-state index in [0.29, 0.717) is 16.9 Å². The molecule has 5 rings (SSSR count). The van der Waals surface area contributed by atoms with Crippen molar-refractivity contribution in [2.75, 3.05) is 44.2 Å². The van der Waals surface area contributed by atoms with Crippen LogP contribution in [0.2, 0.25) is 5.02 Å². The topological polar surface area (TPSA) is 48.5 Å². The maximum absolute atomic E-state index is 12.4. The molecule has 0 bridgehead atoms. The van der Waals surface area contributed by atoms with Gasteiger partial charge < -0.3 is 10.2 Å². The molecule has 1 amide bonds. The average molecular weight is 509 g/mol. The molecular formula is C28H33ClN4OS. The van der Waals surface area contributed by atoms with Gasteiger partial charge in [-0.25, -0.2) is 0 Å². The molecule has 2 aliphatic rings. The highest BCUT2D eigenvalue weighted by atomic mass is 35.5. The van der Waals surface area contributed by atoms with Gasteiger partial charge in [-0.3, -0.25) is 9.69 Å². The number of anilines is 1. The highest BCUT2D eigenvalue weighted by Crippen LogP contribution is 2.32. The molecule has 0 spiro atoms. The molecule has 2 atom stereocenters. The number of hydrogen-bond acceptors (Lipinski definition) is 5. The predicted molar refractivity (Wildman–Crippen MR) is 147 cm³/mol. The Morgan fingerprint density at radius 1 is 1.06 bits per heavy atom. The monoisotopic (exact) mass is 508 g/mol. The van der Waals surface area contributed by atoms with Crippen molar-refractivity contribution in [1.82, 2.24) is 14.6 Å². The van der Waals surface area contributed by atoms with Gasteiger partial charge in [0.25, 0.3) is 0 Å². The van der Waals surface area contributed by atoms with E-state index in [4.69, 9.17) is 16.0 Å². The predicted octanol–water partition coefficient (Wildman–Crippen LogP) is 5.71. The van der Waals surface area contributed by atoms with E-state index in [-0.39, 0.29) is 5.91 Å². The number of nitrogens with one attached hydrogen (secondary N) is 1. The van der Waals surface area contributed by atoms with Crippen LogP contribution in [0.3, 0.4) is 0 Å². The highest BCUT2D eigenvalue weighted by Gasteiger charge is 2.29. The number of aromatic nitrogens is 1. The first-order valence-electron chi connectivity index (χ1n) is 12.7. The maximum atomic E-state index is 12.4. The van der Waals surface area contributed by atoms with Gasteiger partial charge in [-0.1, -0.05) is 48.7 Å². The lowest BCUT2D eigenvalue weighted by Gasteiger charge is -2.40. The summed E-state index contributed by atoms with van der Waals surface area (Å²) in [7, 11) is 0. The highest BCUT2D eigenvalue weighted by molar-refractivity contribution is 7.13. The maximum Gasteiger partial charge on any atom is 0.244 e. The molecular weight excluding hydrogens is 476 g/mol. The molecule has 1 N–H and O–H groups in total. The SMILES string of the molecule is O=C(/C=C/c1cccc(Cl)c1)NC[C@@H]1CCCC[C@@H]1CN1CCN(c2nsc3ccccc23)CC1. The van der Waals surface area contributed by atoms with Crippen LogP contribution in [-0.4, -0.2) is 54.4 Å². The Balaban J connectivity index is 1.11. The van der Waals surface area contributed by atoms with Crippen LogP contribution in [0.1, 0.15) is 31.2 Å². The summed E-state index contributed by atoms with van der Waals surface area (Å²) in [5, 5.41) is 5.11. The van der Waals surface area contributed by atoms with Gasteiger partial charge in [0.15, 0.2) is 0 Å². The minimum Gasteiger partial charge on any atom is -0.353 e. The molecule has 1 saturated carbocycles. The van der Waals surface area contributed by atoms with E-state index < -0.39 is 0 Å². The third kappa shape index (κ3) is 6.24. The van der Waals surface area contributed by atoms with Crippen LogP contribution in [0.5, 0.6) is 0 Å². The molecule has 2 heterocycles. The standard InChI is InChI=1S/C28H33ClN4OS/c29-24-9-5-6-21(18-24)12-13-27(34)30-19-22-7-1-2-8-23(22)20-32-14-16-33(17-15-32)28-25-10-3-4-11-26(25)35-31-28/h3-6,9-13,18,22-23H,1-2,7-8,14-17,19-20H2,(H,30,34)/b13-12+/t22-,23+/m0/s1. The molecule has 7 heteroatoms. The third-order valence-corrected chi connectivity index (χ3v) is 8.46. The fraction of sp³-hybridized carbons (Fsp3) is 0.429. The molecule has 0 radical (unpaired) electrons. The normalized spacial score (nSPS) is 21.6. The summed E-state index contributed by atoms with van der Waals surface area (Å²) < 4.78 is 6.01. The van der Waals surface area contributed by atoms with Gasteiger partial charge in [0, 0.05) is 55.8 Å². The summed E-state index contributed by atoms with van der Waals surface area (Å²) in [5.74, 6) is 2.31. The fourth-order valence-electron chi connectivity index (χ4n) is 5.44. The van der Waals surface area contributed by atoms with Crippen LogP contribution in [0, 0.1) is 11.8 Å². The quantitative estimate of drug-likeness (QED) is 0.415. The van der Waals surface area contributed by atoms with Crippen LogP contribution < -0.4 is 10.2 Å². The number of carbonyl (C=O) groups is 1. The summed E-state index contributed by atoms with van der Waals surface area (Å²) in [4.78, 5) is 17.5. The molecule has 1 aliphatic carbocycles. The molecule has 2 fully saturated rings. The molecule has 184 valence electrons. The first-order chi connectivity index (χ1) is 17.2. The van der Waals surface area contributed by atoms with Gasteiger partial charge in [-0.2, -0.15) is 4.37 Å². The Morgan fingerprint density at radius 3 is 2.69 bits per heavy atom. The van der Waals surface area contributed by atoms with Crippen molar-refractivity contribution in [3.05, 3.63) is 65.2 Å². The zero-order valence-corrected chi connectivity index (χ0v) is 21.6. The second-order valence-corrected chi connectivity index (χ2v) is 11.0. The smallest absolute Gasteiger partial charge is 0.244 e. The zero-order valence-electron chi connectivity index (χ0n) is 20.0. The van der Waals surface area contributed by atoms with Crippen LogP contribution >= 0.6 is 23.1 Å². The number of halogens is 1. The number of fused-ring (bicyclic) bond motifs is 1. The van der Waals surface area contributed by atoms with Crippen molar-refractivity contribution in [2.24, 2.45) is 11.8 Å². The molecule has 1 saturated heterocycles. The van der Waals surface area contributed by atoms with E-state index in [1.54, 1.807) is 17.6 Å². The van der Waals surface area contributed by atoms with E-state index >= 15 is 0 Å². The largest absolute Gasteiger partial charge is 0.353 e. The van der Waals surface area contributed by atoms with Crippen molar-refractivity contribution >= 4 is 51.0 Å². The zero-order chi connectivity index (χ0) is 24.0. The van der Waals surface area contributed by atoms with Gasteiger partial charge in [0.2, 0.25) is 5.91 Å². The summed E-state index contributed by atoms with van der Waals surface area (Å²) in [5.41, 5.74) is 0.938. The Kier molecular flexibility index (Phi) is 8.02. The summed E-state index contributed by atoms with van der Waals surface area (Å²) in [6, 6.07) is 16.1. The second kappa shape index (κ2) is 11.5. The lowest BCUT2D eigenvalue weighted by molar-refractivity contribution is -0.116. The number of rotatable bonds is 7. The fourth-order valence-corrected chi connectivity index (χ4v) is 6.44. The summed E-state index contributed by atoms with van der Waals surface area (Å²) >= 11 is 7.63.